The van der Waals surface area contributed by atoms with Crippen LogP contribution in [0.4, 0.5) is 0 Å². The van der Waals surface area contributed by atoms with Gasteiger partial charge in [-0.2, -0.15) is 0 Å². The second-order valence-electron chi connectivity index (χ2n) is 6.24. The van der Waals surface area contributed by atoms with Crippen LogP contribution < -0.4 is 5.32 Å². The van der Waals surface area contributed by atoms with Gasteiger partial charge in [-0.3, -0.25) is 0 Å². The highest BCUT2D eigenvalue weighted by molar-refractivity contribution is 9.10. The molecule has 1 aromatic heterocycles. The van der Waals surface area contributed by atoms with E-state index in [2.05, 4.69) is 48.2 Å². The zero-order valence-electron chi connectivity index (χ0n) is 13.0. The van der Waals surface area contributed by atoms with Gasteiger partial charge < -0.3 is 5.32 Å². The van der Waals surface area contributed by atoms with Crippen LogP contribution in [0.25, 0.3) is 0 Å². The maximum absolute atomic E-state index is 3.66. The minimum absolute atomic E-state index is 0.553. The molecule has 0 radical (unpaired) electrons. The Morgan fingerprint density at radius 2 is 2.05 bits per heavy atom. The molecule has 0 aliphatic heterocycles. The smallest absolute Gasteiger partial charge is 0.0441 e. The van der Waals surface area contributed by atoms with Gasteiger partial charge in [-0.1, -0.05) is 39.0 Å². The fraction of sp³-hybridized carbons (Fsp3) is 0.765. The average molecular weight is 358 g/mol. The number of hydrogen-bond donors (Lipinski definition) is 1. The Balaban J connectivity index is 1.93. The van der Waals surface area contributed by atoms with Crippen molar-refractivity contribution in [3.05, 3.63) is 20.3 Å². The Morgan fingerprint density at radius 1 is 1.35 bits per heavy atom. The van der Waals surface area contributed by atoms with Gasteiger partial charge in [0.1, 0.15) is 0 Å². The summed E-state index contributed by atoms with van der Waals surface area (Å²) in [6.45, 7) is 4.51. The average Bonchev–Trinajstić information content (AvgIpc) is 2.78. The normalized spacial score (nSPS) is 24.8. The lowest BCUT2D eigenvalue weighted by molar-refractivity contribution is 0.219. The van der Waals surface area contributed by atoms with Crippen molar-refractivity contribution in [1.29, 1.82) is 0 Å². The van der Waals surface area contributed by atoms with Gasteiger partial charge in [-0.25, -0.2) is 0 Å². The van der Waals surface area contributed by atoms with E-state index in [0.29, 0.717) is 6.04 Å². The molecule has 1 aliphatic rings. The van der Waals surface area contributed by atoms with Crippen molar-refractivity contribution in [3.63, 3.8) is 0 Å². The summed E-state index contributed by atoms with van der Waals surface area (Å²) in [5.74, 6) is 1.82. The largest absolute Gasteiger partial charge is 0.312 e. The third-order valence-corrected chi connectivity index (χ3v) is 7.04. The second-order valence-corrected chi connectivity index (χ2v) is 8.38. The van der Waals surface area contributed by atoms with Crippen molar-refractivity contribution in [1.82, 2.24) is 5.32 Å². The molecule has 0 bridgehead atoms. The zero-order chi connectivity index (χ0) is 14.5. The van der Waals surface area contributed by atoms with E-state index >= 15 is 0 Å². The van der Waals surface area contributed by atoms with E-state index in [1.165, 1.54) is 59.2 Å². The van der Waals surface area contributed by atoms with E-state index < -0.39 is 0 Å². The molecule has 1 heterocycles. The van der Waals surface area contributed by atoms with Crippen LogP contribution in [0, 0.1) is 18.8 Å². The number of rotatable bonds is 6. The molecule has 0 amide bonds. The lowest BCUT2D eigenvalue weighted by atomic mass is 9.76. The molecule has 3 heteroatoms. The van der Waals surface area contributed by atoms with Crippen molar-refractivity contribution in [2.45, 2.75) is 64.8 Å². The lowest BCUT2D eigenvalue weighted by Gasteiger charge is -2.33. The summed E-state index contributed by atoms with van der Waals surface area (Å²) >= 11 is 5.60. The highest BCUT2D eigenvalue weighted by Crippen LogP contribution is 2.41. The molecule has 1 saturated carbocycles. The van der Waals surface area contributed by atoms with E-state index in [1.54, 1.807) is 0 Å². The van der Waals surface area contributed by atoms with Crippen LogP contribution in [0.5, 0.6) is 0 Å². The predicted molar refractivity (Wildman–Crippen MR) is 93.5 cm³/mol. The third kappa shape index (κ3) is 4.08. The summed E-state index contributed by atoms with van der Waals surface area (Å²) in [6.07, 6.45) is 9.90. The molecule has 20 heavy (non-hydrogen) atoms. The van der Waals surface area contributed by atoms with Gasteiger partial charge in [0.2, 0.25) is 0 Å². The van der Waals surface area contributed by atoms with Gasteiger partial charge >= 0.3 is 0 Å². The van der Waals surface area contributed by atoms with Crippen LogP contribution in [0.15, 0.2) is 10.5 Å². The molecule has 2 rings (SSSR count). The minimum atomic E-state index is 0.553. The maximum Gasteiger partial charge on any atom is 0.0441 e. The fourth-order valence-electron chi connectivity index (χ4n) is 3.55. The molecule has 0 saturated heterocycles. The summed E-state index contributed by atoms with van der Waals surface area (Å²) in [4.78, 5) is 2.91. The van der Waals surface area contributed by atoms with Gasteiger partial charge in [0, 0.05) is 20.3 Å². The topological polar surface area (TPSA) is 12.0 Å². The van der Waals surface area contributed by atoms with Gasteiger partial charge in [0.05, 0.1) is 0 Å². The van der Waals surface area contributed by atoms with Crippen molar-refractivity contribution in [3.8, 4) is 0 Å². The van der Waals surface area contributed by atoms with Crippen LogP contribution in [-0.2, 0) is 0 Å². The molecule has 1 aliphatic carbocycles. The number of hydrogen-bond acceptors (Lipinski definition) is 2. The van der Waals surface area contributed by atoms with Gasteiger partial charge in [0.15, 0.2) is 0 Å². The first-order valence-electron chi connectivity index (χ1n) is 8.08. The molecule has 1 nitrogen and oxygen atoms in total. The molecular weight excluding hydrogens is 330 g/mol. The molecule has 0 aromatic carbocycles. The van der Waals surface area contributed by atoms with Gasteiger partial charge in [-0.15, -0.1) is 11.3 Å². The number of unbranched alkanes of at least 4 members (excludes halogenated alkanes) is 1. The predicted octanol–water partition coefficient (Wildman–Crippen LogP) is 6.08. The number of thiophene rings is 1. The first-order chi connectivity index (χ1) is 9.65. The molecule has 1 atom stereocenters. The second kappa shape index (κ2) is 7.95. The van der Waals surface area contributed by atoms with E-state index in [9.17, 15) is 0 Å². The van der Waals surface area contributed by atoms with E-state index in [0.717, 1.165) is 11.8 Å². The Morgan fingerprint density at radius 3 is 2.55 bits per heavy atom. The van der Waals surface area contributed by atoms with Crippen molar-refractivity contribution < 1.29 is 0 Å². The quantitative estimate of drug-likeness (QED) is 0.650. The first kappa shape index (κ1) is 16.5. The standard InChI is InChI=1S/C17H28BrNS/c1-4-5-6-13-7-9-14(10-8-13)17(19-3)16-11-15(18)12(2)20-16/h11,13-14,17,19H,4-10H2,1-3H3. The van der Waals surface area contributed by atoms with Crippen LogP contribution in [0.1, 0.15) is 67.7 Å². The number of halogens is 1. The highest BCUT2D eigenvalue weighted by atomic mass is 79.9. The van der Waals surface area contributed by atoms with Crippen molar-refractivity contribution in [2.75, 3.05) is 7.05 Å². The molecule has 0 spiro atoms. The Hall–Kier alpha value is 0.140. The maximum atomic E-state index is 3.66. The SMILES string of the molecule is CCCCC1CCC(C(NC)c2cc(Br)c(C)s2)CC1. The summed E-state index contributed by atoms with van der Waals surface area (Å²) < 4.78 is 1.27. The molecular formula is C17H28BrNS. The molecule has 1 fully saturated rings. The van der Waals surface area contributed by atoms with Crippen LogP contribution in [0.2, 0.25) is 0 Å². The van der Waals surface area contributed by atoms with E-state index in [-0.39, 0.29) is 0 Å². The molecule has 114 valence electrons. The molecule has 1 unspecified atom stereocenters. The third-order valence-electron chi connectivity index (χ3n) is 4.82. The summed E-state index contributed by atoms with van der Waals surface area (Å²) in [5, 5.41) is 3.58. The Bertz CT molecular complexity index is 388. The monoisotopic (exact) mass is 357 g/mol. The zero-order valence-corrected chi connectivity index (χ0v) is 15.4. The van der Waals surface area contributed by atoms with Crippen LogP contribution >= 0.6 is 27.3 Å². The number of aryl methyl sites for hydroxylation is 1. The summed E-state index contributed by atoms with van der Waals surface area (Å²) in [5.41, 5.74) is 0. The Kier molecular flexibility index (Phi) is 6.57. The first-order valence-corrected chi connectivity index (χ1v) is 9.69. The molecule has 1 N–H and O–H groups in total. The van der Waals surface area contributed by atoms with E-state index in [1.807, 2.05) is 11.3 Å². The number of nitrogens with one attached hydrogen (secondary N) is 1. The fourth-order valence-corrected chi connectivity index (χ4v) is 5.31. The lowest BCUT2D eigenvalue weighted by Crippen LogP contribution is -2.28. The van der Waals surface area contributed by atoms with Gasteiger partial charge in [-0.05, 0) is 60.6 Å². The summed E-state index contributed by atoms with van der Waals surface area (Å²) in [6, 6.07) is 2.88. The minimum Gasteiger partial charge on any atom is -0.312 e. The van der Waals surface area contributed by atoms with Gasteiger partial charge in [0.25, 0.3) is 0 Å². The summed E-state index contributed by atoms with van der Waals surface area (Å²) in [7, 11) is 2.12. The van der Waals surface area contributed by atoms with Crippen LogP contribution in [-0.4, -0.2) is 7.05 Å². The Labute approximate surface area is 136 Å². The molecule has 1 aromatic rings. The van der Waals surface area contributed by atoms with Crippen molar-refractivity contribution >= 4 is 27.3 Å². The highest BCUT2D eigenvalue weighted by Gasteiger charge is 2.28. The van der Waals surface area contributed by atoms with Crippen molar-refractivity contribution in [2.24, 2.45) is 11.8 Å². The van der Waals surface area contributed by atoms with E-state index in [4.69, 9.17) is 0 Å². The van der Waals surface area contributed by atoms with Crippen LogP contribution in [0.3, 0.4) is 0 Å².